The Hall–Kier alpha value is -0.830. The molecule has 0 aromatic heterocycles. The van der Waals surface area contributed by atoms with E-state index in [0.29, 0.717) is 6.73 Å². The maximum absolute atomic E-state index is 10.9. The Bertz CT molecular complexity index is 166. The maximum atomic E-state index is 10.9. The second-order valence-corrected chi connectivity index (χ2v) is 3.03. The number of hydrogen-bond acceptors (Lipinski definition) is 3. The van der Waals surface area contributed by atoms with Gasteiger partial charge in [0.25, 0.3) is 0 Å². The molecule has 13 heavy (non-hydrogen) atoms. The van der Waals surface area contributed by atoms with Crippen LogP contribution in [0.1, 0.15) is 26.7 Å². The van der Waals surface area contributed by atoms with E-state index in [-0.39, 0.29) is 5.97 Å². The molecule has 0 aliphatic rings. The van der Waals surface area contributed by atoms with Crippen LogP contribution in [0.5, 0.6) is 0 Å². The monoisotopic (exact) mass is 185 g/mol. The average Bonchev–Trinajstić information content (AvgIpc) is 2.12. The minimum Gasteiger partial charge on any atom is -0.446 e. The molecular formula is C10H19NO2. The fourth-order valence-electron chi connectivity index (χ4n) is 0.851. The van der Waals surface area contributed by atoms with Gasteiger partial charge in [0.15, 0.2) is 0 Å². The molecule has 3 nitrogen and oxygen atoms in total. The van der Waals surface area contributed by atoms with Crippen LogP contribution < -0.4 is 0 Å². The van der Waals surface area contributed by atoms with Crippen molar-refractivity contribution < 1.29 is 9.53 Å². The Labute approximate surface area is 80.4 Å². The Morgan fingerprint density at radius 2 is 2.23 bits per heavy atom. The van der Waals surface area contributed by atoms with E-state index in [2.05, 4.69) is 6.92 Å². The molecule has 0 aliphatic carbocycles. The second-order valence-electron chi connectivity index (χ2n) is 3.03. The highest BCUT2D eigenvalue weighted by molar-refractivity contribution is 5.81. The van der Waals surface area contributed by atoms with Crippen molar-refractivity contribution in [3.8, 4) is 0 Å². The zero-order chi connectivity index (χ0) is 10.1. The molecule has 0 aromatic rings. The Kier molecular flexibility index (Phi) is 7.30. The van der Waals surface area contributed by atoms with Crippen molar-refractivity contribution in [3.63, 3.8) is 0 Å². The first-order chi connectivity index (χ1) is 6.20. The van der Waals surface area contributed by atoms with Gasteiger partial charge in [-0.25, -0.2) is 4.79 Å². The molecule has 76 valence electrons. The fourth-order valence-corrected chi connectivity index (χ4v) is 0.851. The van der Waals surface area contributed by atoms with E-state index < -0.39 is 0 Å². The molecule has 0 spiro atoms. The highest BCUT2D eigenvalue weighted by Gasteiger charge is 2.00. The number of ether oxygens (including phenoxy) is 1. The maximum Gasteiger partial charge on any atom is 0.331 e. The van der Waals surface area contributed by atoms with E-state index in [1.165, 1.54) is 6.08 Å². The molecule has 0 unspecified atom stereocenters. The zero-order valence-corrected chi connectivity index (χ0v) is 8.75. The first kappa shape index (κ1) is 12.2. The van der Waals surface area contributed by atoms with Crippen LogP contribution >= 0.6 is 0 Å². The number of carbonyl (C=O) groups is 1. The van der Waals surface area contributed by atoms with Crippen LogP contribution in [0.15, 0.2) is 12.2 Å². The minimum atomic E-state index is -0.272. The van der Waals surface area contributed by atoms with Gasteiger partial charge in [-0.3, -0.25) is 4.90 Å². The van der Waals surface area contributed by atoms with E-state index >= 15 is 0 Å². The average molecular weight is 185 g/mol. The van der Waals surface area contributed by atoms with Crippen LogP contribution in [0, 0.1) is 0 Å². The number of carbonyl (C=O) groups excluding carboxylic acids is 1. The van der Waals surface area contributed by atoms with Crippen molar-refractivity contribution in [1.82, 2.24) is 4.90 Å². The van der Waals surface area contributed by atoms with Crippen LogP contribution in [0.25, 0.3) is 0 Å². The molecule has 0 heterocycles. The third-order valence-corrected chi connectivity index (χ3v) is 1.62. The normalized spacial score (nSPS) is 11.1. The molecule has 0 amide bonds. The number of unbranched alkanes of at least 4 members (excludes halogenated alkanes) is 1. The summed E-state index contributed by atoms with van der Waals surface area (Å²) in [5, 5.41) is 0. The van der Waals surface area contributed by atoms with Gasteiger partial charge in [0.05, 0.1) is 0 Å². The van der Waals surface area contributed by atoms with Crippen LogP contribution in [0.3, 0.4) is 0 Å². The van der Waals surface area contributed by atoms with Crippen molar-refractivity contribution in [1.29, 1.82) is 0 Å². The van der Waals surface area contributed by atoms with Gasteiger partial charge < -0.3 is 4.74 Å². The van der Waals surface area contributed by atoms with Gasteiger partial charge in [-0.1, -0.05) is 19.4 Å². The summed E-state index contributed by atoms with van der Waals surface area (Å²) in [5.74, 6) is -0.272. The Morgan fingerprint density at radius 1 is 1.54 bits per heavy atom. The predicted octanol–water partition coefficient (Wildman–Crippen LogP) is 1.80. The molecule has 0 bridgehead atoms. The molecule has 0 N–H and O–H groups in total. The smallest absolute Gasteiger partial charge is 0.331 e. The molecule has 0 saturated heterocycles. The summed E-state index contributed by atoms with van der Waals surface area (Å²) in [6.07, 6.45) is 5.40. The molecule has 0 atom stereocenters. The van der Waals surface area contributed by atoms with Crippen molar-refractivity contribution in [2.45, 2.75) is 26.7 Å². The summed E-state index contributed by atoms with van der Waals surface area (Å²) in [5.41, 5.74) is 0. The predicted molar refractivity (Wildman–Crippen MR) is 53.3 cm³/mol. The number of nitrogens with zero attached hydrogens (tertiary/aromatic N) is 1. The number of allylic oxidation sites excluding steroid dienone is 1. The van der Waals surface area contributed by atoms with Gasteiger partial charge >= 0.3 is 5.97 Å². The summed E-state index contributed by atoms with van der Waals surface area (Å²) in [4.78, 5) is 12.9. The van der Waals surface area contributed by atoms with Gasteiger partial charge in [-0.15, -0.1) is 0 Å². The van der Waals surface area contributed by atoms with Crippen molar-refractivity contribution in [2.75, 3.05) is 20.3 Å². The second kappa shape index (κ2) is 7.80. The lowest BCUT2D eigenvalue weighted by Crippen LogP contribution is -2.24. The topological polar surface area (TPSA) is 29.5 Å². The highest BCUT2D eigenvalue weighted by atomic mass is 16.5. The Morgan fingerprint density at radius 3 is 2.77 bits per heavy atom. The summed E-state index contributed by atoms with van der Waals surface area (Å²) in [7, 11) is 1.94. The van der Waals surface area contributed by atoms with Gasteiger partial charge in [-0.2, -0.15) is 0 Å². The summed E-state index contributed by atoms with van der Waals surface area (Å²) >= 11 is 0. The third kappa shape index (κ3) is 7.53. The van der Waals surface area contributed by atoms with Crippen LogP contribution in [-0.2, 0) is 9.53 Å². The fraction of sp³-hybridized carbons (Fsp3) is 0.700. The summed E-state index contributed by atoms with van der Waals surface area (Å²) < 4.78 is 4.94. The molecule has 0 fully saturated rings. The summed E-state index contributed by atoms with van der Waals surface area (Å²) in [6.45, 7) is 5.28. The van der Waals surface area contributed by atoms with Gasteiger partial charge in [0, 0.05) is 12.6 Å². The van der Waals surface area contributed by atoms with Gasteiger partial charge in [-0.05, 0) is 20.4 Å². The van der Waals surface area contributed by atoms with Crippen LogP contribution in [-0.4, -0.2) is 31.2 Å². The van der Waals surface area contributed by atoms with E-state index in [9.17, 15) is 4.79 Å². The van der Waals surface area contributed by atoms with Crippen molar-refractivity contribution >= 4 is 5.97 Å². The standard InChI is InChI=1S/C10H19NO2/c1-4-6-8-11(3)9-13-10(12)7-5-2/h5,7H,4,6,8-9H2,1-3H3/b7-5-. The SMILES string of the molecule is C/C=C\C(=O)OCN(C)CCCC. The van der Waals surface area contributed by atoms with Crippen molar-refractivity contribution in [3.05, 3.63) is 12.2 Å². The molecule has 0 rings (SSSR count). The van der Waals surface area contributed by atoms with E-state index in [4.69, 9.17) is 4.74 Å². The van der Waals surface area contributed by atoms with E-state index in [0.717, 1.165) is 19.4 Å². The highest BCUT2D eigenvalue weighted by Crippen LogP contribution is 1.92. The molecular weight excluding hydrogens is 166 g/mol. The lowest BCUT2D eigenvalue weighted by Gasteiger charge is -2.14. The lowest BCUT2D eigenvalue weighted by molar-refractivity contribution is -0.141. The summed E-state index contributed by atoms with van der Waals surface area (Å²) in [6, 6.07) is 0. The van der Waals surface area contributed by atoms with Crippen molar-refractivity contribution in [2.24, 2.45) is 0 Å². The first-order valence-electron chi connectivity index (χ1n) is 4.68. The minimum absolute atomic E-state index is 0.272. The zero-order valence-electron chi connectivity index (χ0n) is 8.75. The Balaban J connectivity index is 3.45. The molecule has 3 heteroatoms. The third-order valence-electron chi connectivity index (χ3n) is 1.62. The number of hydrogen-bond donors (Lipinski definition) is 0. The molecule has 0 saturated carbocycles. The number of rotatable bonds is 6. The molecule has 0 aromatic carbocycles. The van der Waals surface area contributed by atoms with Crippen LogP contribution in [0.4, 0.5) is 0 Å². The quantitative estimate of drug-likeness (QED) is 0.359. The largest absolute Gasteiger partial charge is 0.446 e. The van der Waals surface area contributed by atoms with Gasteiger partial charge in [0.1, 0.15) is 6.73 Å². The van der Waals surface area contributed by atoms with E-state index in [1.54, 1.807) is 13.0 Å². The van der Waals surface area contributed by atoms with Crippen LogP contribution in [0.2, 0.25) is 0 Å². The first-order valence-corrected chi connectivity index (χ1v) is 4.68. The molecule has 0 radical (unpaired) electrons. The molecule has 0 aliphatic heterocycles. The number of esters is 1. The van der Waals surface area contributed by atoms with Gasteiger partial charge in [0.2, 0.25) is 0 Å². The van der Waals surface area contributed by atoms with E-state index in [1.807, 2.05) is 11.9 Å². The lowest BCUT2D eigenvalue weighted by atomic mass is 10.3.